The zero-order chi connectivity index (χ0) is 14.1. The van der Waals surface area contributed by atoms with Gasteiger partial charge in [-0.25, -0.2) is 4.68 Å². The van der Waals surface area contributed by atoms with E-state index in [4.69, 9.17) is 0 Å². The van der Waals surface area contributed by atoms with Crippen LogP contribution in [0.3, 0.4) is 0 Å². The molecule has 0 spiro atoms. The van der Waals surface area contributed by atoms with Crippen molar-refractivity contribution in [2.45, 2.75) is 37.9 Å². The second-order valence-electron chi connectivity index (χ2n) is 6.22. The first-order chi connectivity index (χ1) is 10.4. The quantitative estimate of drug-likeness (QED) is 0.912. The minimum atomic E-state index is 0.644. The van der Waals surface area contributed by atoms with Crippen LogP contribution in [0.15, 0.2) is 42.7 Å². The number of para-hydroxylation sites is 1. The molecule has 4 heteroatoms. The lowest BCUT2D eigenvalue weighted by atomic mass is 10.2. The van der Waals surface area contributed by atoms with Crippen LogP contribution in [0.2, 0.25) is 0 Å². The number of rotatable bonds is 5. The van der Waals surface area contributed by atoms with Crippen molar-refractivity contribution in [2.75, 3.05) is 13.1 Å². The molecule has 0 radical (unpaired) electrons. The Hall–Kier alpha value is -1.65. The molecule has 1 aromatic carbocycles. The third-order valence-electron chi connectivity index (χ3n) is 4.53. The van der Waals surface area contributed by atoms with E-state index in [0.717, 1.165) is 18.3 Å². The van der Waals surface area contributed by atoms with Crippen LogP contribution in [0, 0.1) is 0 Å². The van der Waals surface area contributed by atoms with Gasteiger partial charge in [0.1, 0.15) is 0 Å². The molecule has 1 saturated carbocycles. The van der Waals surface area contributed by atoms with E-state index >= 15 is 0 Å². The highest BCUT2D eigenvalue weighted by molar-refractivity contribution is 5.30. The Bertz CT molecular complexity index is 588. The van der Waals surface area contributed by atoms with Crippen molar-refractivity contribution >= 4 is 0 Å². The molecule has 2 aromatic rings. The van der Waals surface area contributed by atoms with Crippen molar-refractivity contribution < 1.29 is 0 Å². The Morgan fingerprint density at radius 1 is 1.14 bits per heavy atom. The summed E-state index contributed by atoms with van der Waals surface area (Å²) in [5, 5.41) is 8.13. The molecule has 4 rings (SSSR count). The maximum Gasteiger partial charge on any atom is 0.0645 e. The fourth-order valence-corrected chi connectivity index (χ4v) is 3.16. The largest absolute Gasteiger partial charge is 0.308 e. The van der Waals surface area contributed by atoms with Gasteiger partial charge >= 0.3 is 0 Å². The first-order valence-corrected chi connectivity index (χ1v) is 7.95. The normalized spacial score (nSPS) is 22.8. The van der Waals surface area contributed by atoms with Crippen molar-refractivity contribution in [1.29, 1.82) is 0 Å². The lowest BCUT2D eigenvalue weighted by molar-refractivity contribution is 0.317. The number of benzene rings is 1. The summed E-state index contributed by atoms with van der Waals surface area (Å²) in [5.41, 5.74) is 2.37. The Balaban J connectivity index is 1.32. The fraction of sp³-hybridized carbons (Fsp3) is 0.471. The number of aromatic nitrogens is 2. The molecule has 1 atom stereocenters. The van der Waals surface area contributed by atoms with E-state index in [0.29, 0.717) is 6.04 Å². The Labute approximate surface area is 125 Å². The van der Waals surface area contributed by atoms with Gasteiger partial charge in [-0.05, 0) is 31.4 Å². The Morgan fingerprint density at radius 2 is 2.00 bits per heavy atom. The van der Waals surface area contributed by atoms with Crippen LogP contribution >= 0.6 is 0 Å². The molecular formula is C17H22N4. The number of hydrogen-bond donors (Lipinski definition) is 1. The number of hydrogen-bond acceptors (Lipinski definition) is 3. The molecule has 0 amide bonds. The van der Waals surface area contributed by atoms with E-state index in [-0.39, 0.29) is 0 Å². The molecule has 0 unspecified atom stereocenters. The van der Waals surface area contributed by atoms with Crippen LogP contribution in [0.5, 0.6) is 0 Å². The molecule has 4 nitrogen and oxygen atoms in total. The van der Waals surface area contributed by atoms with E-state index in [1.807, 2.05) is 29.1 Å². The van der Waals surface area contributed by atoms with Crippen molar-refractivity contribution in [3.8, 4) is 5.69 Å². The summed E-state index contributed by atoms with van der Waals surface area (Å²) in [6.07, 6.45) is 8.19. The Morgan fingerprint density at radius 3 is 2.81 bits per heavy atom. The van der Waals surface area contributed by atoms with Gasteiger partial charge in [0.2, 0.25) is 0 Å². The van der Waals surface area contributed by atoms with Crippen molar-refractivity contribution in [1.82, 2.24) is 20.0 Å². The van der Waals surface area contributed by atoms with Gasteiger partial charge in [-0.1, -0.05) is 18.2 Å². The van der Waals surface area contributed by atoms with E-state index < -0.39 is 0 Å². The van der Waals surface area contributed by atoms with Gasteiger partial charge in [-0.15, -0.1) is 0 Å². The summed E-state index contributed by atoms with van der Waals surface area (Å²) in [4.78, 5) is 2.64. The molecule has 1 aromatic heterocycles. The van der Waals surface area contributed by atoms with Gasteiger partial charge in [0, 0.05) is 43.5 Å². The van der Waals surface area contributed by atoms with Gasteiger partial charge in [0.25, 0.3) is 0 Å². The summed E-state index contributed by atoms with van der Waals surface area (Å²) in [5.74, 6) is 0. The number of nitrogens with one attached hydrogen (secondary N) is 1. The molecule has 110 valence electrons. The zero-order valence-corrected chi connectivity index (χ0v) is 12.3. The van der Waals surface area contributed by atoms with Crippen LogP contribution in [0.1, 0.15) is 24.8 Å². The van der Waals surface area contributed by atoms with Crippen molar-refractivity contribution in [2.24, 2.45) is 0 Å². The average molecular weight is 282 g/mol. The molecule has 2 aliphatic rings. The standard InChI is InChI=1S/C17H22N4/c1-2-4-17(5-3-1)21-12-14(11-19-21)10-18-15-8-9-20(13-15)16-6-7-16/h1-5,11-12,15-16,18H,6-10,13H2/t15-/m1/s1. The third-order valence-corrected chi connectivity index (χ3v) is 4.53. The number of likely N-dealkylation sites (tertiary alicyclic amines) is 1. The van der Waals surface area contributed by atoms with Gasteiger partial charge in [0.15, 0.2) is 0 Å². The third kappa shape index (κ3) is 3.01. The maximum atomic E-state index is 4.45. The van der Waals surface area contributed by atoms with E-state index in [9.17, 15) is 0 Å². The van der Waals surface area contributed by atoms with Crippen molar-refractivity contribution in [3.05, 3.63) is 48.3 Å². The molecule has 0 bridgehead atoms. The maximum absolute atomic E-state index is 4.45. The molecule has 21 heavy (non-hydrogen) atoms. The van der Waals surface area contributed by atoms with E-state index in [2.05, 4.69) is 33.6 Å². The summed E-state index contributed by atoms with van der Waals surface area (Å²) < 4.78 is 1.95. The molecule has 2 heterocycles. The first kappa shape index (κ1) is 13.0. The molecular weight excluding hydrogens is 260 g/mol. The van der Waals surface area contributed by atoms with E-state index in [1.165, 1.54) is 37.9 Å². The van der Waals surface area contributed by atoms with Crippen LogP contribution in [0.4, 0.5) is 0 Å². The summed E-state index contributed by atoms with van der Waals surface area (Å²) in [7, 11) is 0. The minimum Gasteiger partial charge on any atom is -0.308 e. The minimum absolute atomic E-state index is 0.644. The molecule has 1 N–H and O–H groups in total. The van der Waals surface area contributed by atoms with Gasteiger partial charge in [-0.3, -0.25) is 4.90 Å². The van der Waals surface area contributed by atoms with Gasteiger partial charge in [-0.2, -0.15) is 5.10 Å². The highest BCUT2D eigenvalue weighted by Gasteiger charge is 2.34. The summed E-state index contributed by atoms with van der Waals surface area (Å²) in [6.45, 7) is 3.40. The van der Waals surface area contributed by atoms with Crippen LogP contribution in [-0.4, -0.2) is 39.9 Å². The highest BCUT2D eigenvalue weighted by atomic mass is 15.3. The smallest absolute Gasteiger partial charge is 0.0645 e. The van der Waals surface area contributed by atoms with Gasteiger partial charge < -0.3 is 5.32 Å². The fourth-order valence-electron chi connectivity index (χ4n) is 3.16. The van der Waals surface area contributed by atoms with Crippen LogP contribution in [-0.2, 0) is 6.54 Å². The second kappa shape index (κ2) is 5.62. The highest BCUT2D eigenvalue weighted by Crippen LogP contribution is 2.29. The molecule has 2 fully saturated rings. The van der Waals surface area contributed by atoms with Crippen molar-refractivity contribution in [3.63, 3.8) is 0 Å². The SMILES string of the molecule is c1ccc(-n2cc(CN[C@@H]3CCN(C4CC4)C3)cn2)cc1. The molecule has 1 aliphatic carbocycles. The lowest BCUT2D eigenvalue weighted by Crippen LogP contribution is -2.32. The predicted octanol–water partition coefficient (Wildman–Crippen LogP) is 2.20. The number of nitrogens with zero attached hydrogens (tertiary/aromatic N) is 3. The average Bonchev–Trinajstić information content (AvgIpc) is 3.09. The van der Waals surface area contributed by atoms with E-state index in [1.54, 1.807) is 0 Å². The summed E-state index contributed by atoms with van der Waals surface area (Å²) >= 11 is 0. The summed E-state index contributed by atoms with van der Waals surface area (Å²) in [6, 6.07) is 11.8. The molecule has 1 saturated heterocycles. The topological polar surface area (TPSA) is 33.1 Å². The van der Waals surface area contributed by atoms with Crippen LogP contribution in [0.25, 0.3) is 5.69 Å². The Kier molecular flexibility index (Phi) is 3.49. The molecule has 1 aliphatic heterocycles. The predicted molar refractivity (Wildman–Crippen MR) is 83.4 cm³/mol. The van der Waals surface area contributed by atoms with Crippen LogP contribution < -0.4 is 5.32 Å². The first-order valence-electron chi connectivity index (χ1n) is 7.95. The lowest BCUT2D eigenvalue weighted by Gasteiger charge is -2.15. The van der Waals surface area contributed by atoms with Gasteiger partial charge in [0.05, 0.1) is 11.9 Å². The second-order valence-corrected chi connectivity index (χ2v) is 6.22. The zero-order valence-electron chi connectivity index (χ0n) is 12.3. The monoisotopic (exact) mass is 282 g/mol.